The Hall–Kier alpha value is -2.52. The summed E-state index contributed by atoms with van der Waals surface area (Å²) < 4.78 is 0. The van der Waals surface area contributed by atoms with Crippen molar-refractivity contribution in [3.8, 4) is 0 Å². The van der Waals surface area contributed by atoms with Crippen LogP contribution in [0.4, 0.5) is 11.4 Å². The molecule has 1 aliphatic carbocycles. The zero-order chi connectivity index (χ0) is 20.5. The van der Waals surface area contributed by atoms with E-state index in [-0.39, 0.29) is 17.3 Å². The lowest BCUT2D eigenvalue weighted by Gasteiger charge is -2.14. The number of anilines is 1. The summed E-state index contributed by atoms with van der Waals surface area (Å²) in [7, 11) is 0. The van der Waals surface area contributed by atoms with E-state index in [1.54, 1.807) is 30.4 Å². The van der Waals surface area contributed by atoms with Crippen LogP contribution in [-0.2, 0) is 17.6 Å². The number of hydrogen-bond donors (Lipinski definition) is 1. The standard InChI is InChI=1S/C20H20N4O3S2/c1-11(18(25)23-14-8-4-5-9-15(14)24(26)27)28-19-17-13-7-3-6-10-16(13)29-20(17)22-12(2)21-19/h4-5,8-9,11H,3,6-7,10H2,1-2H3,(H,23,25). The Morgan fingerprint density at radius 3 is 2.83 bits per heavy atom. The van der Waals surface area contributed by atoms with Crippen LogP contribution in [0.25, 0.3) is 10.2 Å². The number of nitro groups is 1. The van der Waals surface area contributed by atoms with Crippen molar-refractivity contribution < 1.29 is 9.72 Å². The van der Waals surface area contributed by atoms with Gasteiger partial charge in [0.1, 0.15) is 21.4 Å². The number of nitrogens with one attached hydrogen (secondary N) is 1. The molecule has 1 N–H and O–H groups in total. The molecule has 2 heterocycles. The lowest BCUT2D eigenvalue weighted by atomic mass is 9.97. The molecule has 0 radical (unpaired) electrons. The lowest BCUT2D eigenvalue weighted by Crippen LogP contribution is -2.23. The molecule has 7 nitrogen and oxygen atoms in total. The van der Waals surface area contributed by atoms with Crippen molar-refractivity contribution in [1.29, 1.82) is 0 Å². The molecular weight excluding hydrogens is 408 g/mol. The van der Waals surface area contributed by atoms with Crippen LogP contribution in [0.3, 0.4) is 0 Å². The van der Waals surface area contributed by atoms with Gasteiger partial charge in [-0.15, -0.1) is 11.3 Å². The van der Waals surface area contributed by atoms with Gasteiger partial charge in [0.25, 0.3) is 5.69 Å². The van der Waals surface area contributed by atoms with Gasteiger partial charge in [0.2, 0.25) is 5.91 Å². The van der Waals surface area contributed by atoms with Crippen molar-refractivity contribution in [3.05, 3.63) is 50.6 Å². The third kappa shape index (κ3) is 3.97. The number of hydrogen-bond acceptors (Lipinski definition) is 7. The predicted octanol–water partition coefficient (Wildman–Crippen LogP) is 4.91. The molecule has 0 bridgehead atoms. The number of aryl methyl sites for hydroxylation is 3. The molecule has 3 aromatic rings. The van der Waals surface area contributed by atoms with Crippen molar-refractivity contribution in [2.45, 2.75) is 49.8 Å². The first kappa shape index (κ1) is 19.8. The Labute approximate surface area is 176 Å². The number of fused-ring (bicyclic) bond motifs is 3. The first-order chi connectivity index (χ1) is 13.9. The van der Waals surface area contributed by atoms with Gasteiger partial charge >= 0.3 is 0 Å². The summed E-state index contributed by atoms with van der Waals surface area (Å²) >= 11 is 3.11. The van der Waals surface area contributed by atoms with Crippen molar-refractivity contribution >= 4 is 50.6 Å². The molecule has 0 saturated carbocycles. The van der Waals surface area contributed by atoms with E-state index in [1.165, 1.54) is 40.8 Å². The minimum Gasteiger partial charge on any atom is -0.319 e. The highest BCUT2D eigenvalue weighted by molar-refractivity contribution is 8.00. The second-order valence-corrected chi connectivity index (χ2v) is 9.40. The van der Waals surface area contributed by atoms with E-state index in [9.17, 15) is 14.9 Å². The van der Waals surface area contributed by atoms with Gasteiger partial charge in [0.15, 0.2) is 0 Å². The number of amides is 1. The van der Waals surface area contributed by atoms with Gasteiger partial charge in [0, 0.05) is 16.3 Å². The number of para-hydroxylation sites is 2. The summed E-state index contributed by atoms with van der Waals surface area (Å²) in [6.45, 7) is 3.65. The second kappa shape index (κ2) is 8.08. The first-order valence-electron chi connectivity index (χ1n) is 9.44. The summed E-state index contributed by atoms with van der Waals surface area (Å²) in [6, 6.07) is 6.15. The van der Waals surface area contributed by atoms with Gasteiger partial charge in [-0.3, -0.25) is 14.9 Å². The van der Waals surface area contributed by atoms with Gasteiger partial charge in [-0.1, -0.05) is 23.9 Å². The minimum atomic E-state index is -0.498. The van der Waals surface area contributed by atoms with Gasteiger partial charge < -0.3 is 5.32 Å². The summed E-state index contributed by atoms with van der Waals surface area (Å²) in [4.78, 5) is 35.0. The Kier molecular flexibility index (Phi) is 5.51. The third-order valence-electron chi connectivity index (χ3n) is 4.91. The maximum atomic E-state index is 12.7. The minimum absolute atomic E-state index is 0.120. The molecule has 1 atom stereocenters. The zero-order valence-corrected chi connectivity index (χ0v) is 17.7. The highest BCUT2D eigenvalue weighted by Gasteiger charge is 2.25. The Bertz CT molecular complexity index is 1110. The fourth-order valence-electron chi connectivity index (χ4n) is 3.50. The number of thiophene rings is 1. The van der Waals surface area contributed by atoms with Crippen LogP contribution >= 0.6 is 23.1 Å². The highest BCUT2D eigenvalue weighted by atomic mass is 32.2. The number of aromatic nitrogens is 2. The van der Waals surface area contributed by atoms with Crippen LogP contribution in [-0.4, -0.2) is 26.0 Å². The molecule has 29 heavy (non-hydrogen) atoms. The van der Waals surface area contributed by atoms with Crippen LogP contribution in [0.1, 0.15) is 36.0 Å². The first-order valence-corrected chi connectivity index (χ1v) is 11.1. The average molecular weight is 429 g/mol. The van der Waals surface area contributed by atoms with E-state index < -0.39 is 10.2 Å². The molecule has 2 aromatic heterocycles. The number of nitro benzene ring substituents is 1. The van der Waals surface area contributed by atoms with Crippen LogP contribution in [0, 0.1) is 17.0 Å². The molecule has 1 amide bonds. The number of carbonyl (C=O) groups excluding carboxylic acids is 1. The Balaban J connectivity index is 1.61. The summed E-state index contributed by atoms with van der Waals surface area (Å²) in [5.41, 5.74) is 1.40. The Morgan fingerprint density at radius 1 is 1.28 bits per heavy atom. The van der Waals surface area contributed by atoms with Crippen molar-refractivity contribution in [3.63, 3.8) is 0 Å². The maximum Gasteiger partial charge on any atom is 0.292 e. The third-order valence-corrected chi connectivity index (χ3v) is 7.18. The lowest BCUT2D eigenvalue weighted by molar-refractivity contribution is -0.383. The number of benzene rings is 1. The molecule has 1 aliphatic rings. The van der Waals surface area contributed by atoms with Crippen molar-refractivity contribution in [1.82, 2.24) is 9.97 Å². The maximum absolute atomic E-state index is 12.7. The van der Waals surface area contributed by atoms with Gasteiger partial charge in [-0.25, -0.2) is 9.97 Å². The van der Waals surface area contributed by atoms with E-state index >= 15 is 0 Å². The fourth-order valence-corrected chi connectivity index (χ4v) is 5.90. The number of thioether (sulfide) groups is 1. The normalized spacial score (nSPS) is 14.4. The topological polar surface area (TPSA) is 98.0 Å². The summed E-state index contributed by atoms with van der Waals surface area (Å²) in [5.74, 6) is 0.391. The smallest absolute Gasteiger partial charge is 0.292 e. The monoisotopic (exact) mass is 428 g/mol. The zero-order valence-electron chi connectivity index (χ0n) is 16.1. The molecule has 150 valence electrons. The average Bonchev–Trinajstić information content (AvgIpc) is 3.06. The number of nitrogens with zero attached hydrogens (tertiary/aromatic N) is 3. The predicted molar refractivity (Wildman–Crippen MR) is 116 cm³/mol. The number of rotatable bonds is 5. The van der Waals surface area contributed by atoms with E-state index in [0.717, 1.165) is 34.5 Å². The molecule has 0 spiro atoms. The molecule has 4 rings (SSSR count). The van der Waals surface area contributed by atoms with Crippen molar-refractivity contribution in [2.24, 2.45) is 0 Å². The van der Waals surface area contributed by atoms with Crippen LogP contribution in [0.15, 0.2) is 29.3 Å². The number of carbonyl (C=O) groups is 1. The second-order valence-electron chi connectivity index (χ2n) is 6.99. The van der Waals surface area contributed by atoms with Gasteiger partial charge in [-0.2, -0.15) is 0 Å². The SMILES string of the molecule is Cc1nc(SC(C)C(=O)Nc2ccccc2[N+](=O)[O-])c2c3c(sc2n1)CCCC3. The highest BCUT2D eigenvalue weighted by Crippen LogP contribution is 2.40. The molecule has 0 fully saturated rings. The molecule has 1 aromatic carbocycles. The van der Waals surface area contributed by atoms with E-state index in [2.05, 4.69) is 15.3 Å². The van der Waals surface area contributed by atoms with E-state index in [1.807, 2.05) is 6.92 Å². The van der Waals surface area contributed by atoms with E-state index in [0.29, 0.717) is 5.82 Å². The molecule has 0 aliphatic heterocycles. The quantitative estimate of drug-likeness (QED) is 0.268. The van der Waals surface area contributed by atoms with E-state index in [4.69, 9.17) is 0 Å². The summed E-state index contributed by atoms with van der Waals surface area (Å²) in [6.07, 6.45) is 4.45. The molecular formula is C20H20N4O3S2. The summed E-state index contributed by atoms with van der Waals surface area (Å²) in [5, 5.41) is 15.3. The fraction of sp³-hybridized carbons (Fsp3) is 0.350. The largest absolute Gasteiger partial charge is 0.319 e. The van der Waals surface area contributed by atoms with Gasteiger partial charge in [0.05, 0.1) is 10.2 Å². The molecule has 1 unspecified atom stereocenters. The molecule has 9 heteroatoms. The van der Waals surface area contributed by atoms with Crippen molar-refractivity contribution in [2.75, 3.05) is 5.32 Å². The van der Waals surface area contributed by atoms with Crippen LogP contribution in [0.5, 0.6) is 0 Å². The van der Waals surface area contributed by atoms with Gasteiger partial charge in [-0.05, 0) is 51.2 Å². The molecule has 0 saturated heterocycles. The van der Waals surface area contributed by atoms with Crippen LogP contribution in [0.2, 0.25) is 0 Å². The Morgan fingerprint density at radius 2 is 2.03 bits per heavy atom. The van der Waals surface area contributed by atoms with Crippen LogP contribution < -0.4 is 5.32 Å².